The number of halogens is 2. The highest BCUT2D eigenvalue weighted by molar-refractivity contribution is 5.85. The van der Waals surface area contributed by atoms with Gasteiger partial charge in [-0.15, -0.1) is 24.8 Å². The molecule has 5 nitrogen and oxygen atoms in total. The van der Waals surface area contributed by atoms with Crippen LogP contribution in [0.15, 0.2) is 6.07 Å². The SMILES string of the molecule is Cl.Cl.Nc1nc(C2CC(N)C2)cc(N2CCCCCCC2)n1. The number of hydrogen-bond acceptors (Lipinski definition) is 5. The molecule has 1 aromatic rings. The van der Waals surface area contributed by atoms with E-state index in [0.717, 1.165) is 37.4 Å². The van der Waals surface area contributed by atoms with Crippen LogP contribution in [0.3, 0.4) is 0 Å². The third-order valence-electron chi connectivity index (χ3n) is 4.52. The van der Waals surface area contributed by atoms with E-state index in [4.69, 9.17) is 11.5 Å². The third kappa shape index (κ3) is 4.61. The van der Waals surface area contributed by atoms with E-state index in [1.165, 1.54) is 32.1 Å². The summed E-state index contributed by atoms with van der Waals surface area (Å²) < 4.78 is 0. The van der Waals surface area contributed by atoms with E-state index in [-0.39, 0.29) is 24.8 Å². The standard InChI is InChI=1S/C15H25N5.2ClH/c16-12-8-11(9-12)13-10-14(19-15(17)18-13)20-6-4-2-1-3-5-7-20;;/h10-12H,1-9,16H2,(H2,17,18,19);2*1H. The lowest BCUT2D eigenvalue weighted by molar-refractivity contribution is 0.345. The molecule has 0 aromatic carbocycles. The van der Waals surface area contributed by atoms with Crippen LogP contribution in [0.4, 0.5) is 11.8 Å². The number of aromatic nitrogens is 2. The first-order valence-corrected chi connectivity index (χ1v) is 7.87. The van der Waals surface area contributed by atoms with E-state index < -0.39 is 0 Å². The van der Waals surface area contributed by atoms with E-state index in [9.17, 15) is 0 Å². The van der Waals surface area contributed by atoms with E-state index in [1.54, 1.807) is 0 Å². The second kappa shape index (κ2) is 8.75. The second-order valence-electron chi connectivity index (χ2n) is 6.19. The van der Waals surface area contributed by atoms with Gasteiger partial charge in [0.1, 0.15) is 5.82 Å². The Bertz CT molecular complexity index is 457. The molecule has 1 aliphatic carbocycles. The zero-order valence-electron chi connectivity index (χ0n) is 12.9. The fourth-order valence-electron chi connectivity index (χ4n) is 3.22. The molecule has 1 aromatic heterocycles. The maximum atomic E-state index is 5.91. The molecule has 1 saturated heterocycles. The molecule has 2 fully saturated rings. The maximum Gasteiger partial charge on any atom is 0.222 e. The van der Waals surface area contributed by atoms with Crippen molar-refractivity contribution in [3.63, 3.8) is 0 Å². The topological polar surface area (TPSA) is 81.1 Å². The Kier molecular flexibility index (Phi) is 7.66. The molecule has 1 saturated carbocycles. The van der Waals surface area contributed by atoms with Crippen LogP contribution in [-0.4, -0.2) is 29.1 Å². The molecule has 4 N–H and O–H groups in total. The van der Waals surface area contributed by atoms with Gasteiger partial charge in [0, 0.05) is 31.1 Å². The molecule has 22 heavy (non-hydrogen) atoms. The van der Waals surface area contributed by atoms with Gasteiger partial charge < -0.3 is 16.4 Å². The number of nitrogen functional groups attached to an aromatic ring is 1. The predicted octanol–water partition coefficient (Wildman–Crippen LogP) is 2.88. The zero-order chi connectivity index (χ0) is 13.9. The van der Waals surface area contributed by atoms with Crippen molar-refractivity contribution < 1.29 is 0 Å². The fourth-order valence-corrected chi connectivity index (χ4v) is 3.22. The van der Waals surface area contributed by atoms with Crippen LogP contribution >= 0.6 is 24.8 Å². The van der Waals surface area contributed by atoms with Gasteiger partial charge >= 0.3 is 0 Å². The lowest BCUT2D eigenvalue weighted by Crippen LogP contribution is -2.35. The molecule has 2 heterocycles. The quantitative estimate of drug-likeness (QED) is 0.859. The molecular weight excluding hydrogens is 321 g/mol. The molecule has 0 atom stereocenters. The van der Waals surface area contributed by atoms with Gasteiger partial charge in [-0.2, -0.15) is 4.98 Å². The van der Waals surface area contributed by atoms with Crippen LogP contribution in [0.25, 0.3) is 0 Å². The molecule has 3 rings (SSSR count). The van der Waals surface area contributed by atoms with Gasteiger partial charge in [0.05, 0.1) is 5.69 Å². The van der Waals surface area contributed by atoms with Crippen molar-refractivity contribution in [2.45, 2.75) is 56.9 Å². The summed E-state index contributed by atoms with van der Waals surface area (Å²) >= 11 is 0. The van der Waals surface area contributed by atoms with Crippen LogP contribution in [0, 0.1) is 0 Å². The fraction of sp³-hybridized carbons (Fsp3) is 0.733. The second-order valence-corrected chi connectivity index (χ2v) is 6.19. The number of rotatable bonds is 2. The zero-order valence-corrected chi connectivity index (χ0v) is 14.5. The van der Waals surface area contributed by atoms with Crippen LogP contribution in [0.2, 0.25) is 0 Å². The summed E-state index contributed by atoms with van der Waals surface area (Å²) in [5, 5.41) is 0. The summed E-state index contributed by atoms with van der Waals surface area (Å²) in [4.78, 5) is 11.2. The minimum atomic E-state index is 0. The molecule has 0 bridgehead atoms. The first-order chi connectivity index (χ1) is 9.72. The highest BCUT2D eigenvalue weighted by Crippen LogP contribution is 2.36. The summed E-state index contributed by atoms with van der Waals surface area (Å²) in [6.45, 7) is 2.17. The summed E-state index contributed by atoms with van der Waals surface area (Å²) in [7, 11) is 0. The average Bonchev–Trinajstić information content (AvgIpc) is 2.33. The molecule has 0 unspecified atom stereocenters. The van der Waals surface area contributed by atoms with Gasteiger partial charge in [0.2, 0.25) is 5.95 Å². The predicted molar refractivity (Wildman–Crippen MR) is 96.2 cm³/mol. The van der Waals surface area contributed by atoms with Gasteiger partial charge in [-0.25, -0.2) is 4.98 Å². The minimum Gasteiger partial charge on any atom is -0.368 e. The number of hydrogen-bond donors (Lipinski definition) is 2. The lowest BCUT2D eigenvalue weighted by atomic mass is 9.78. The third-order valence-corrected chi connectivity index (χ3v) is 4.52. The summed E-state index contributed by atoms with van der Waals surface area (Å²) in [5.74, 6) is 1.89. The van der Waals surface area contributed by atoms with E-state index in [0.29, 0.717) is 17.9 Å². The Labute approximate surface area is 145 Å². The Morgan fingerprint density at radius 2 is 1.55 bits per heavy atom. The van der Waals surface area contributed by atoms with Crippen molar-refractivity contribution in [2.75, 3.05) is 23.7 Å². The van der Waals surface area contributed by atoms with E-state index in [1.807, 2.05) is 0 Å². The molecule has 0 radical (unpaired) electrons. The Balaban J connectivity index is 0.00000121. The first-order valence-electron chi connectivity index (χ1n) is 7.87. The van der Waals surface area contributed by atoms with Crippen LogP contribution < -0.4 is 16.4 Å². The monoisotopic (exact) mass is 347 g/mol. The van der Waals surface area contributed by atoms with Gasteiger partial charge in [-0.1, -0.05) is 19.3 Å². The summed E-state index contributed by atoms with van der Waals surface area (Å²) in [6.07, 6.45) is 8.54. The Morgan fingerprint density at radius 1 is 0.955 bits per heavy atom. The van der Waals surface area contributed by atoms with Gasteiger partial charge in [0.25, 0.3) is 0 Å². The van der Waals surface area contributed by atoms with Crippen LogP contribution in [0.5, 0.6) is 0 Å². The van der Waals surface area contributed by atoms with E-state index in [2.05, 4.69) is 20.9 Å². The minimum absolute atomic E-state index is 0. The molecule has 2 aliphatic rings. The Hall–Kier alpha value is -0.780. The largest absolute Gasteiger partial charge is 0.368 e. The summed E-state index contributed by atoms with van der Waals surface area (Å²) in [5.41, 5.74) is 12.9. The van der Waals surface area contributed by atoms with Crippen molar-refractivity contribution in [1.82, 2.24) is 9.97 Å². The average molecular weight is 348 g/mol. The molecule has 7 heteroatoms. The van der Waals surface area contributed by atoms with Crippen LogP contribution in [0.1, 0.15) is 56.6 Å². The number of nitrogens with two attached hydrogens (primary N) is 2. The molecular formula is C15H27Cl2N5. The highest BCUT2D eigenvalue weighted by Gasteiger charge is 2.29. The van der Waals surface area contributed by atoms with Crippen molar-refractivity contribution in [3.05, 3.63) is 11.8 Å². The van der Waals surface area contributed by atoms with Crippen molar-refractivity contribution >= 4 is 36.6 Å². The van der Waals surface area contributed by atoms with Crippen molar-refractivity contribution in [3.8, 4) is 0 Å². The molecule has 0 amide bonds. The maximum absolute atomic E-state index is 5.91. The summed E-state index contributed by atoms with van der Waals surface area (Å²) in [6, 6.07) is 2.47. The van der Waals surface area contributed by atoms with Gasteiger partial charge in [0.15, 0.2) is 0 Å². The highest BCUT2D eigenvalue weighted by atomic mass is 35.5. The van der Waals surface area contributed by atoms with Gasteiger partial charge in [-0.05, 0) is 25.7 Å². The molecule has 126 valence electrons. The van der Waals surface area contributed by atoms with Crippen LogP contribution in [-0.2, 0) is 0 Å². The van der Waals surface area contributed by atoms with Gasteiger partial charge in [-0.3, -0.25) is 0 Å². The smallest absolute Gasteiger partial charge is 0.222 e. The normalized spacial score (nSPS) is 25.0. The molecule has 1 aliphatic heterocycles. The lowest BCUT2D eigenvalue weighted by Gasteiger charge is -2.33. The van der Waals surface area contributed by atoms with Crippen molar-refractivity contribution in [1.29, 1.82) is 0 Å². The van der Waals surface area contributed by atoms with Crippen molar-refractivity contribution in [2.24, 2.45) is 5.73 Å². The molecule has 0 spiro atoms. The first kappa shape index (κ1) is 19.3. The number of anilines is 2. The van der Waals surface area contributed by atoms with E-state index >= 15 is 0 Å². The Morgan fingerprint density at radius 3 is 2.14 bits per heavy atom. The number of nitrogens with zero attached hydrogens (tertiary/aromatic N) is 3.